The van der Waals surface area contributed by atoms with Crippen LogP contribution in [0, 0.1) is 6.92 Å². The number of nitrogens with one attached hydrogen (secondary N) is 1. The van der Waals surface area contributed by atoms with Crippen molar-refractivity contribution in [3.63, 3.8) is 0 Å². The van der Waals surface area contributed by atoms with Gasteiger partial charge >= 0.3 is 0 Å². The standard InChI is InChI=1S/C13H21ClN4/c1-3-18(11-4-6-15-7-5-11)9-13-16-10(2)8-12(14)17-13/h8,11,15H,3-7,9H2,1-2H3. The second-order valence-corrected chi connectivity index (χ2v) is 5.18. The molecule has 1 saturated heterocycles. The minimum absolute atomic E-state index is 0.541. The van der Waals surface area contributed by atoms with E-state index in [1.807, 2.05) is 6.92 Å². The van der Waals surface area contributed by atoms with Crippen LogP contribution < -0.4 is 5.32 Å². The summed E-state index contributed by atoms with van der Waals surface area (Å²) in [4.78, 5) is 11.2. The molecule has 100 valence electrons. The molecule has 0 atom stereocenters. The predicted octanol–water partition coefficient (Wildman–Crippen LogP) is 2.01. The topological polar surface area (TPSA) is 41.1 Å². The molecule has 1 aliphatic rings. The first-order valence-electron chi connectivity index (χ1n) is 6.64. The molecule has 1 N–H and O–H groups in total. The molecule has 18 heavy (non-hydrogen) atoms. The van der Waals surface area contributed by atoms with Gasteiger partial charge in [0, 0.05) is 11.7 Å². The summed E-state index contributed by atoms with van der Waals surface area (Å²) in [5, 5.41) is 3.94. The SMILES string of the molecule is CCN(Cc1nc(C)cc(Cl)n1)C1CCNCC1. The zero-order valence-corrected chi connectivity index (χ0v) is 11.9. The van der Waals surface area contributed by atoms with Gasteiger partial charge in [-0.25, -0.2) is 9.97 Å². The molecule has 1 aromatic heterocycles. The van der Waals surface area contributed by atoms with Gasteiger partial charge in [0.25, 0.3) is 0 Å². The Morgan fingerprint density at radius 3 is 2.72 bits per heavy atom. The smallest absolute Gasteiger partial charge is 0.144 e. The Bertz CT molecular complexity index is 370. The maximum Gasteiger partial charge on any atom is 0.144 e. The van der Waals surface area contributed by atoms with Gasteiger partial charge in [-0.3, -0.25) is 4.90 Å². The molecule has 5 heteroatoms. The number of aryl methyl sites for hydroxylation is 1. The molecule has 1 fully saturated rings. The van der Waals surface area contributed by atoms with Crippen LogP contribution in [0.3, 0.4) is 0 Å². The van der Waals surface area contributed by atoms with Crippen LogP contribution in [-0.2, 0) is 6.54 Å². The second kappa shape index (κ2) is 6.45. The van der Waals surface area contributed by atoms with Crippen molar-refractivity contribution in [2.24, 2.45) is 0 Å². The monoisotopic (exact) mass is 268 g/mol. The second-order valence-electron chi connectivity index (χ2n) is 4.79. The lowest BCUT2D eigenvalue weighted by Crippen LogP contribution is -2.42. The number of piperidine rings is 1. The highest BCUT2D eigenvalue weighted by Gasteiger charge is 2.20. The lowest BCUT2D eigenvalue weighted by atomic mass is 10.0. The highest BCUT2D eigenvalue weighted by Crippen LogP contribution is 2.15. The number of rotatable bonds is 4. The van der Waals surface area contributed by atoms with Crippen LogP contribution in [0.5, 0.6) is 0 Å². The highest BCUT2D eigenvalue weighted by atomic mass is 35.5. The third kappa shape index (κ3) is 3.64. The van der Waals surface area contributed by atoms with Crippen molar-refractivity contribution < 1.29 is 0 Å². The van der Waals surface area contributed by atoms with Crippen LogP contribution >= 0.6 is 11.6 Å². The van der Waals surface area contributed by atoms with Crippen LogP contribution in [0.1, 0.15) is 31.3 Å². The zero-order chi connectivity index (χ0) is 13.0. The Hall–Kier alpha value is -0.710. The molecule has 0 spiro atoms. The molecule has 0 aromatic carbocycles. The molecule has 2 rings (SSSR count). The largest absolute Gasteiger partial charge is 0.317 e. The summed E-state index contributed by atoms with van der Waals surface area (Å²) in [7, 11) is 0. The molecule has 1 aliphatic heterocycles. The summed E-state index contributed by atoms with van der Waals surface area (Å²) in [6, 6.07) is 2.44. The van der Waals surface area contributed by atoms with E-state index in [2.05, 4.69) is 27.1 Å². The Morgan fingerprint density at radius 1 is 1.39 bits per heavy atom. The Balaban J connectivity index is 2.04. The van der Waals surface area contributed by atoms with E-state index in [4.69, 9.17) is 11.6 Å². The summed E-state index contributed by atoms with van der Waals surface area (Å²) in [6.45, 7) is 8.19. The molecule has 4 nitrogen and oxygen atoms in total. The first-order chi connectivity index (χ1) is 8.69. The minimum Gasteiger partial charge on any atom is -0.317 e. The fraction of sp³-hybridized carbons (Fsp3) is 0.692. The van der Waals surface area contributed by atoms with Gasteiger partial charge in [-0.1, -0.05) is 18.5 Å². The number of nitrogens with zero attached hydrogens (tertiary/aromatic N) is 3. The van der Waals surface area contributed by atoms with Gasteiger partial charge in [0.1, 0.15) is 11.0 Å². The van der Waals surface area contributed by atoms with Crippen molar-refractivity contribution >= 4 is 11.6 Å². The van der Waals surface area contributed by atoms with Gasteiger partial charge in [-0.15, -0.1) is 0 Å². The Morgan fingerprint density at radius 2 is 2.11 bits per heavy atom. The van der Waals surface area contributed by atoms with Crippen molar-refractivity contribution in [3.05, 3.63) is 22.7 Å². The van der Waals surface area contributed by atoms with Crippen LogP contribution in [0.15, 0.2) is 6.07 Å². The maximum atomic E-state index is 5.98. The quantitative estimate of drug-likeness (QED) is 0.849. The summed E-state index contributed by atoms with van der Waals surface area (Å²) < 4.78 is 0. The molecule has 1 aromatic rings. The minimum atomic E-state index is 0.541. The van der Waals surface area contributed by atoms with Gasteiger partial charge in [0.2, 0.25) is 0 Å². The van der Waals surface area contributed by atoms with Gasteiger partial charge in [-0.2, -0.15) is 0 Å². The summed E-state index contributed by atoms with van der Waals surface area (Å²) >= 11 is 5.98. The van der Waals surface area contributed by atoms with Gasteiger partial charge in [0.15, 0.2) is 0 Å². The summed E-state index contributed by atoms with van der Waals surface area (Å²) in [5.74, 6) is 0.834. The van der Waals surface area contributed by atoms with E-state index in [1.54, 1.807) is 6.07 Å². The van der Waals surface area contributed by atoms with Crippen molar-refractivity contribution in [1.82, 2.24) is 20.2 Å². The molecule has 0 bridgehead atoms. The Labute approximate surface area is 114 Å². The van der Waals surface area contributed by atoms with E-state index >= 15 is 0 Å². The lowest BCUT2D eigenvalue weighted by Gasteiger charge is -2.33. The fourth-order valence-electron chi connectivity index (χ4n) is 2.51. The number of hydrogen-bond donors (Lipinski definition) is 1. The molecule has 0 radical (unpaired) electrons. The average Bonchev–Trinajstić information content (AvgIpc) is 2.36. The summed E-state index contributed by atoms with van der Waals surface area (Å²) in [6.07, 6.45) is 2.40. The fourth-order valence-corrected chi connectivity index (χ4v) is 2.77. The summed E-state index contributed by atoms with van der Waals surface area (Å²) in [5.41, 5.74) is 0.936. The van der Waals surface area contributed by atoms with Crippen molar-refractivity contribution in [3.8, 4) is 0 Å². The number of halogens is 1. The predicted molar refractivity (Wildman–Crippen MR) is 73.8 cm³/mol. The first-order valence-corrected chi connectivity index (χ1v) is 7.01. The molecule has 0 unspecified atom stereocenters. The van der Waals surface area contributed by atoms with E-state index in [1.165, 1.54) is 12.8 Å². The maximum absolute atomic E-state index is 5.98. The molecular weight excluding hydrogens is 248 g/mol. The Kier molecular flexibility index (Phi) is 4.92. The first kappa shape index (κ1) is 13.7. The van der Waals surface area contributed by atoms with E-state index in [9.17, 15) is 0 Å². The van der Waals surface area contributed by atoms with Crippen LogP contribution in [0.2, 0.25) is 5.15 Å². The molecule has 0 aliphatic carbocycles. The molecular formula is C13H21ClN4. The molecule has 0 amide bonds. The number of aromatic nitrogens is 2. The van der Waals surface area contributed by atoms with Gasteiger partial charge in [0.05, 0.1) is 6.54 Å². The van der Waals surface area contributed by atoms with Crippen molar-refractivity contribution in [2.45, 2.75) is 39.3 Å². The van der Waals surface area contributed by atoms with Gasteiger partial charge in [-0.05, 0) is 45.5 Å². The third-order valence-corrected chi connectivity index (χ3v) is 3.64. The zero-order valence-electron chi connectivity index (χ0n) is 11.1. The average molecular weight is 269 g/mol. The van der Waals surface area contributed by atoms with E-state index < -0.39 is 0 Å². The van der Waals surface area contributed by atoms with E-state index in [0.717, 1.165) is 37.7 Å². The van der Waals surface area contributed by atoms with Crippen LogP contribution in [0.25, 0.3) is 0 Å². The van der Waals surface area contributed by atoms with Gasteiger partial charge < -0.3 is 5.32 Å². The normalized spacial score (nSPS) is 17.3. The van der Waals surface area contributed by atoms with E-state index in [-0.39, 0.29) is 0 Å². The third-order valence-electron chi connectivity index (χ3n) is 3.45. The van der Waals surface area contributed by atoms with E-state index in [0.29, 0.717) is 11.2 Å². The number of hydrogen-bond acceptors (Lipinski definition) is 4. The highest BCUT2D eigenvalue weighted by molar-refractivity contribution is 6.29. The van der Waals surface area contributed by atoms with Crippen LogP contribution in [-0.4, -0.2) is 40.5 Å². The molecule has 0 saturated carbocycles. The van der Waals surface area contributed by atoms with Crippen LogP contribution in [0.4, 0.5) is 0 Å². The molecule has 2 heterocycles. The lowest BCUT2D eigenvalue weighted by molar-refractivity contribution is 0.158. The van der Waals surface area contributed by atoms with Crippen molar-refractivity contribution in [2.75, 3.05) is 19.6 Å². The van der Waals surface area contributed by atoms with Crippen molar-refractivity contribution in [1.29, 1.82) is 0 Å².